The first kappa shape index (κ1) is 33.9. The Morgan fingerprint density at radius 2 is 1.55 bits per heavy atom. The number of carbonyl (C=O) groups is 2. The zero-order valence-corrected chi connectivity index (χ0v) is 32.2. The van der Waals surface area contributed by atoms with Crippen molar-refractivity contribution >= 4 is 45.3 Å². The molecule has 56 heavy (non-hydrogen) atoms. The molecule has 2 saturated carbocycles. The molecule has 3 aliphatic carbocycles. The van der Waals surface area contributed by atoms with E-state index in [0.717, 1.165) is 83.2 Å². The van der Waals surface area contributed by atoms with Crippen LogP contribution in [0.5, 0.6) is 0 Å². The van der Waals surface area contributed by atoms with Gasteiger partial charge in [-0.2, -0.15) is 0 Å². The van der Waals surface area contributed by atoms with Gasteiger partial charge in [-0.05, 0) is 115 Å². The summed E-state index contributed by atoms with van der Waals surface area (Å²) in [4.78, 5) is 47.2. The molecule has 10 nitrogen and oxygen atoms in total. The molecule has 4 unspecified atom stereocenters. The largest absolute Gasteiger partial charge is 0.456 e. The zero-order chi connectivity index (χ0) is 37.5. The van der Waals surface area contributed by atoms with Crippen LogP contribution in [-0.2, 0) is 9.53 Å². The van der Waals surface area contributed by atoms with Gasteiger partial charge in [0.05, 0.1) is 48.1 Å². The van der Waals surface area contributed by atoms with E-state index >= 15 is 0 Å². The first-order valence-corrected chi connectivity index (χ1v) is 21.1. The Morgan fingerprint density at radius 1 is 0.821 bits per heavy atom. The molecule has 4 atom stereocenters. The molecule has 5 aromatic heterocycles. The lowest BCUT2D eigenvalue weighted by Gasteiger charge is -2.34. The molecule has 3 fully saturated rings. The fourth-order valence-corrected chi connectivity index (χ4v) is 11.8. The molecule has 2 amide bonds. The van der Waals surface area contributed by atoms with Crippen LogP contribution in [-0.4, -0.2) is 56.5 Å². The summed E-state index contributed by atoms with van der Waals surface area (Å²) in [6.07, 6.45) is 15.5. The van der Waals surface area contributed by atoms with Gasteiger partial charge in [-0.15, -0.1) is 11.3 Å². The van der Waals surface area contributed by atoms with Crippen molar-refractivity contribution in [3.8, 4) is 43.4 Å². The third-order valence-corrected chi connectivity index (χ3v) is 14.5. The van der Waals surface area contributed by atoms with Crippen molar-refractivity contribution in [2.75, 3.05) is 13.7 Å². The van der Waals surface area contributed by atoms with Gasteiger partial charge in [0.25, 0.3) is 0 Å². The number of amides is 2. The zero-order valence-electron chi connectivity index (χ0n) is 31.4. The van der Waals surface area contributed by atoms with E-state index < -0.39 is 12.1 Å². The Morgan fingerprint density at radius 3 is 2.34 bits per heavy atom. The molecule has 3 N–H and O–H groups in total. The van der Waals surface area contributed by atoms with E-state index in [1.165, 1.54) is 70.4 Å². The number of likely N-dealkylation sites (tertiary alicyclic amines) is 1. The van der Waals surface area contributed by atoms with Crippen LogP contribution in [0.1, 0.15) is 99.0 Å². The minimum absolute atomic E-state index is 0.0413. The number of carbonyl (C=O) groups excluding carboxylic acids is 2. The summed E-state index contributed by atoms with van der Waals surface area (Å²) < 4.78 is 11.4. The van der Waals surface area contributed by atoms with Crippen LogP contribution >= 0.6 is 11.3 Å². The molecule has 0 radical (unpaired) electrons. The van der Waals surface area contributed by atoms with Gasteiger partial charge in [0, 0.05) is 27.8 Å². The minimum atomic E-state index is -0.600. The summed E-state index contributed by atoms with van der Waals surface area (Å²) in [5, 5.41) is 5.15. The Labute approximate surface area is 328 Å². The van der Waals surface area contributed by atoms with E-state index in [9.17, 15) is 9.59 Å². The Bertz CT molecular complexity index is 2600. The van der Waals surface area contributed by atoms with Crippen molar-refractivity contribution in [2.45, 2.75) is 88.1 Å². The second-order valence-electron chi connectivity index (χ2n) is 16.3. The van der Waals surface area contributed by atoms with Gasteiger partial charge >= 0.3 is 6.09 Å². The highest BCUT2D eigenvalue weighted by Gasteiger charge is 2.42. The highest BCUT2D eigenvalue weighted by molar-refractivity contribution is 7.18. The molecule has 1 aliphatic heterocycles. The number of hydrogen-bond donors (Lipinski definition) is 3. The normalized spacial score (nSPS) is 21.4. The highest BCUT2D eigenvalue weighted by atomic mass is 32.1. The smallest absolute Gasteiger partial charge is 0.407 e. The molecule has 11 heteroatoms. The van der Waals surface area contributed by atoms with Crippen LogP contribution in [0.25, 0.3) is 65.3 Å². The van der Waals surface area contributed by atoms with E-state index in [-0.39, 0.29) is 17.9 Å². The van der Waals surface area contributed by atoms with Crippen molar-refractivity contribution < 1.29 is 18.7 Å². The van der Waals surface area contributed by atoms with Crippen LogP contribution in [0, 0.1) is 5.92 Å². The number of thiophene rings is 1. The Hall–Kier alpha value is -5.42. The number of ether oxygens (including phenoxy) is 1. The maximum absolute atomic E-state index is 14.2. The lowest BCUT2D eigenvalue weighted by atomic mass is 9.81. The van der Waals surface area contributed by atoms with Crippen molar-refractivity contribution in [1.82, 2.24) is 30.2 Å². The van der Waals surface area contributed by atoms with Crippen LogP contribution in [0.4, 0.5) is 4.79 Å². The first-order chi connectivity index (χ1) is 27.5. The predicted octanol–water partition coefficient (Wildman–Crippen LogP) is 10.5. The number of imidazole rings is 2. The van der Waals surface area contributed by atoms with Crippen LogP contribution in [0.3, 0.4) is 0 Å². The lowest BCUT2D eigenvalue weighted by molar-refractivity contribution is -0.136. The van der Waals surface area contributed by atoms with Gasteiger partial charge < -0.3 is 29.3 Å². The van der Waals surface area contributed by atoms with Gasteiger partial charge in [-0.25, -0.2) is 14.8 Å². The third kappa shape index (κ3) is 5.33. The number of methoxy groups -OCH3 is 1. The number of rotatable bonds is 8. The maximum atomic E-state index is 14.2. The van der Waals surface area contributed by atoms with E-state index in [1.54, 1.807) is 6.33 Å². The summed E-state index contributed by atoms with van der Waals surface area (Å²) in [6.45, 7) is 0.632. The lowest BCUT2D eigenvalue weighted by Crippen LogP contribution is -2.52. The summed E-state index contributed by atoms with van der Waals surface area (Å²) >= 11 is 1.83. The quantitative estimate of drug-likeness (QED) is 0.141. The Kier molecular flexibility index (Phi) is 8.08. The van der Waals surface area contributed by atoms with Crippen molar-refractivity contribution in [3.63, 3.8) is 0 Å². The summed E-state index contributed by atoms with van der Waals surface area (Å²) in [6, 6.07) is 17.1. The predicted molar refractivity (Wildman–Crippen MR) is 218 cm³/mol. The SMILES string of the molecule is COC(=O)NC(C(=O)N1CCCC1c1ncc(-c2ccc(-c3ccc(-c4ccc(-c5cnc[nH]5)s4)c4c3C3CCC4C3)c3c4ccc(o4)c23)[nH]1)C1CCCCC1. The van der Waals surface area contributed by atoms with Crippen LogP contribution in [0.2, 0.25) is 0 Å². The fourth-order valence-electron chi connectivity index (χ4n) is 10.8. The molecule has 4 aliphatic rings. The second-order valence-corrected chi connectivity index (χ2v) is 17.4. The molecule has 1 saturated heterocycles. The third-order valence-electron chi connectivity index (χ3n) is 13.3. The summed E-state index contributed by atoms with van der Waals surface area (Å²) in [7, 11) is 1.35. The van der Waals surface area contributed by atoms with Crippen LogP contribution < -0.4 is 5.32 Å². The average Bonchev–Trinajstić information content (AvgIpc) is 4.10. The number of aromatic nitrogens is 4. The van der Waals surface area contributed by atoms with Crippen molar-refractivity contribution in [1.29, 1.82) is 0 Å². The van der Waals surface area contributed by atoms with Gasteiger partial charge in [0.15, 0.2) is 0 Å². The summed E-state index contributed by atoms with van der Waals surface area (Å²) in [5.74, 6) is 1.99. The minimum Gasteiger partial charge on any atom is -0.456 e. The first-order valence-electron chi connectivity index (χ1n) is 20.3. The van der Waals surface area contributed by atoms with E-state index in [2.05, 4.69) is 68.8 Å². The monoisotopic (exact) mass is 764 g/mol. The maximum Gasteiger partial charge on any atom is 0.407 e. The van der Waals surface area contributed by atoms with E-state index in [4.69, 9.17) is 14.1 Å². The number of H-pyrrole nitrogens is 2. The average molecular weight is 765 g/mol. The number of nitrogens with one attached hydrogen (secondary N) is 3. The van der Waals surface area contributed by atoms with Crippen molar-refractivity contribution in [3.05, 3.63) is 84.2 Å². The van der Waals surface area contributed by atoms with Gasteiger partial charge in [0.2, 0.25) is 5.91 Å². The molecule has 7 aromatic rings. The number of aromatic amines is 2. The molecular weight excluding hydrogens is 721 g/mol. The number of alkyl carbamates (subject to hydrolysis) is 1. The van der Waals surface area contributed by atoms with E-state index in [1.807, 2.05) is 28.6 Å². The second kappa shape index (κ2) is 13.4. The number of fused-ring (bicyclic) bond motifs is 10. The molecule has 0 spiro atoms. The fraction of sp³-hybridized carbons (Fsp3) is 0.378. The molecule has 4 bridgehead atoms. The molecule has 6 heterocycles. The number of furan rings is 2. The van der Waals surface area contributed by atoms with Gasteiger partial charge in [0.1, 0.15) is 23.0 Å². The van der Waals surface area contributed by atoms with E-state index in [0.29, 0.717) is 18.4 Å². The number of hydrogen-bond acceptors (Lipinski definition) is 7. The van der Waals surface area contributed by atoms with Crippen molar-refractivity contribution in [2.24, 2.45) is 5.92 Å². The summed E-state index contributed by atoms with van der Waals surface area (Å²) in [5.41, 5.74) is 11.7. The van der Waals surface area contributed by atoms with Crippen LogP contribution in [0.15, 0.2) is 71.7 Å². The number of nitrogens with zero attached hydrogens (tertiary/aromatic N) is 3. The molecule has 2 aromatic carbocycles. The standard InChI is InChI=1S/C45H44N6O4S/c1-54-45(53)50-42(24-6-3-2-4-7-24)44(52)51-19-5-8-33(51)43-47-22-31(49-43)29-13-11-28(40-34-15-16-35(55-34)41(29)40)27-12-14-30(39-26-10-9-25(20-26)38(27)39)36-17-18-37(56-36)32-21-46-23-48-32/h11-18,21-26,33,42H,2-10,19-20H2,1H3,(H,46,48)(H,47,49)(H,50,53). The highest BCUT2D eigenvalue weighted by Crippen LogP contribution is 2.59. The number of benzene rings is 3. The van der Waals surface area contributed by atoms with Gasteiger partial charge in [-0.1, -0.05) is 43.5 Å². The topological polar surface area (TPSA) is 129 Å². The van der Waals surface area contributed by atoms with Gasteiger partial charge in [-0.3, -0.25) is 4.79 Å². The molecule has 284 valence electrons. The molecular formula is C45H44N6O4S. The molecule has 11 rings (SSSR count). The Balaban J connectivity index is 0.945.